The standard InChI is InChI=1S/C12H16F2N2O2S/c1-3-19-7-8(2)15-6-9-4-12(16(17)18)11(14)5-10(9)13/h4-5,8,15H,3,6-7H2,1-2H3. The van der Waals surface area contributed by atoms with Gasteiger partial charge in [-0.15, -0.1) is 0 Å². The summed E-state index contributed by atoms with van der Waals surface area (Å²) in [6.45, 7) is 4.12. The zero-order valence-corrected chi connectivity index (χ0v) is 11.6. The van der Waals surface area contributed by atoms with E-state index in [0.29, 0.717) is 6.07 Å². The minimum atomic E-state index is -1.15. The summed E-state index contributed by atoms with van der Waals surface area (Å²) in [5.74, 6) is -0.0733. The number of thioether (sulfide) groups is 1. The second kappa shape index (κ2) is 7.40. The largest absolute Gasteiger partial charge is 0.309 e. The summed E-state index contributed by atoms with van der Waals surface area (Å²) in [4.78, 5) is 9.73. The first-order chi connectivity index (χ1) is 8.95. The van der Waals surface area contributed by atoms with Gasteiger partial charge in [-0.1, -0.05) is 6.92 Å². The SMILES string of the molecule is CCSCC(C)NCc1cc([N+](=O)[O-])c(F)cc1F. The number of hydrogen-bond donors (Lipinski definition) is 1. The molecule has 0 aliphatic heterocycles. The number of hydrogen-bond acceptors (Lipinski definition) is 4. The first-order valence-electron chi connectivity index (χ1n) is 5.89. The van der Waals surface area contributed by atoms with Gasteiger partial charge in [0, 0.05) is 36.0 Å². The van der Waals surface area contributed by atoms with Crippen molar-refractivity contribution in [2.24, 2.45) is 0 Å². The van der Waals surface area contributed by atoms with E-state index in [4.69, 9.17) is 0 Å². The summed E-state index contributed by atoms with van der Waals surface area (Å²) in [5.41, 5.74) is -0.602. The molecule has 106 valence electrons. The molecule has 0 spiro atoms. The van der Waals surface area contributed by atoms with Gasteiger partial charge >= 0.3 is 5.69 Å². The lowest BCUT2D eigenvalue weighted by molar-refractivity contribution is -0.387. The van der Waals surface area contributed by atoms with Crippen LogP contribution in [0, 0.1) is 21.7 Å². The van der Waals surface area contributed by atoms with Gasteiger partial charge in [-0.2, -0.15) is 16.2 Å². The van der Waals surface area contributed by atoms with Crippen LogP contribution in [0.2, 0.25) is 0 Å². The molecule has 1 aromatic rings. The van der Waals surface area contributed by atoms with Gasteiger partial charge < -0.3 is 5.32 Å². The number of nitrogens with one attached hydrogen (secondary N) is 1. The maximum absolute atomic E-state index is 13.5. The number of nitrogens with zero attached hydrogens (tertiary/aromatic N) is 1. The fourth-order valence-electron chi connectivity index (χ4n) is 1.49. The van der Waals surface area contributed by atoms with Crippen LogP contribution in [0.25, 0.3) is 0 Å². The van der Waals surface area contributed by atoms with Crippen molar-refractivity contribution in [3.8, 4) is 0 Å². The Hall–Kier alpha value is -1.21. The molecule has 1 N–H and O–H groups in total. The third kappa shape index (κ3) is 4.76. The summed E-state index contributed by atoms with van der Waals surface area (Å²) in [5, 5.41) is 13.6. The molecule has 4 nitrogen and oxygen atoms in total. The molecule has 19 heavy (non-hydrogen) atoms. The van der Waals surface area contributed by atoms with Gasteiger partial charge in [0.2, 0.25) is 5.82 Å². The van der Waals surface area contributed by atoms with Crippen molar-refractivity contribution in [2.75, 3.05) is 11.5 Å². The predicted octanol–water partition coefficient (Wildman–Crippen LogP) is 3.10. The zero-order valence-electron chi connectivity index (χ0n) is 10.8. The fourth-order valence-corrected chi connectivity index (χ4v) is 2.20. The monoisotopic (exact) mass is 290 g/mol. The van der Waals surface area contributed by atoms with Crippen molar-refractivity contribution in [1.29, 1.82) is 0 Å². The Labute approximate surface area is 114 Å². The molecule has 0 heterocycles. The molecule has 1 rings (SSSR count). The summed E-state index contributed by atoms with van der Waals surface area (Å²) in [6.07, 6.45) is 0. The lowest BCUT2D eigenvalue weighted by atomic mass is 10.1. The second-order valence-electron chi connectivity index (χ2n) is 4.09. The highest BCUT2D eigenvalue weighted by Crippen LogP contribution is 2.21. The van der Waals surface area contributed by atoms with E-state index < -0.39 is 22.2 Å². The van der Waals surface area contributed by atoms with Crippen LogP contribution in [0.4, 0.5) is 14.5 Å². The average Bonchev–Trinajstić information content (AvgIpc) is 2.34. The maximum atomic E-state index is 13.5. The van der Waals surface area contributed by atoms with Gasteiger partial charge in [0.05, 0.1) is 4.92 Å². The molecule has 7 heteroatoms. The van der Waals surface area contributed by atoms with Crippen LogP contribution in [0.5, 0.6) is 0 Å². The van der Waals surface area contributed by atoms with E-state index in [1.54, 1.807) is 11.8 Å². The van der Waals surface area contributed by atoms with Crippen molar-refractivity contribution < 1.29 is 13.7 Å². The molecule has 0 saturated heterocycles. The molecule has 0 saturated carbocycles. The maximum Gasteiger partial charge on any atom is 0.305 e. The molecule has 0 radical (unpaired) electrons. The highest BCUT2D eigenvalue weighted by atomic mass is 32.2. The number of nitro benzene ring substituents is 1. The number of nitro groups is 1. The van der Waals surface area contributed by atoms with Crippen LogP contribution < -0.4 is 5.32 Å². The number of halogens is 2. The minimum Gasteiger partial charge on any atom is -0.309 e. The van der Waals surface area contributed by atoms with Crippen molar-refractivity contribution in [1.82, 2.24) is 5.32 Å². The van der Waals surface area contributed by atoms with Crippen molar-refractivity contribution in [3.05, 3.63) is 39.4 Å². The van der Waals surface area contributed by atoms with Crippen molar-refractivity contribution in [2.45, 2.75) is 26.4 Å². The first-order valence-corrected chi connectivity index (χ1v) is 7.04. The molecule has 0 bridgehead atoms. The van der Waals surface area contributed by atoms with E-state index in [1.807, 2.05) is 13.8 Å². The van der Waals surface area contributed by atoms with Crippen LogP contribution in [-0.4, -0.2) is 22.5 Å². The van der Waals surface area contributed by atoms with Crippen LogP contribution >= 0.6 is 11.8 Å². The van der Waals surface area contributed by atoms with Crippen molar-refractivity contribution >= 4 is 17.4 Å². The molecule has 1 unspecified atom stereocenters. The van der Waals surface area contributed by atoms with Gasteiger partial charge in [-0.3, -0.25) is 10.1 Å². The molecule has 0 fully saturated rings. The Morgan fingerprint density at radius 3 is 2.68 bits per heavy atom. The van der Waals surface area contributed by atoms with E-state index in [9.17, 15) is 18.9 Å². The molecule has 1 aromatic carbocycles. The molecule has 1 atom stereocenters. The molecular formula is C12H16F2N2O2S. The molecule has 0 amide bonds. The lowest BCUT2D eigenvalue weighted by Gasteiger charge is -2.13. The molecule has 0 aliphatic carbocycles. The average molecular weight is 290 g/mol. The van der Waals surface area contributed by atoms with Crippen LogP contribution in [-0.2, 0) is 6.54 Å². The zero-order chi connectivity index (χ0) is 14.4. The lowest BCUT2D eigenvalue weighted by Crippen LogP contribution is -2.28. The smallest absolute Gasteiger partial charge is 0.305 e. The normalized spacial score (nSPS) is 12.4. The summed E-state index contributed by atoms with van der Waals surface area (Å²) in [7, 11) is 0. The van der Waals surface area contributed by atoms with E-state index >= 15 is 0 Å². The Kier molecular flexibility index (Phi) is 6.17. The third-order valence-corrected chi connectivity index (χ3v) is 3.67. The predicted molar refractivity (Wildman–Crippen MR) is 72.3 cm³/mol. The van der Waals surface area contributed by atoms with E-state index in [2.05, 4.69) is 5.32 Å². The number of rotatable bonds is 7. The fraction of sp³-hybridized carbons (Fsp3) is 0.500. The van der Waals surface area contributed by atoms with E-state index in [1.165, 1.54) is 0 Å². The summed E-state index contributed by atoms with van der Waals surface area (Å²) in [6, 6.07) is 1.64. The quantitative estimate of drug-likeness (QED) is 0.619. The summed E-state index contributed by atoms with van der Waals surface area (Å²) < 4.78 is 26.6. The van der Waals surface area contributed by atoms with Crippen molar-refractivity contribution in [3.63, 3.8) is 0 Å². The molecule has 0 aliphatic rings. The minimum absolute atomic E-state index is 0.0986. The first kappa shape index (κ1) is 15.8. The number of benzene rings is 1. The molecular weight excluding hydrogens is 274 g/mol. The van der Waals surface area contributed by atoms with Gasteiger partial charge in [-0.05, 0) is 12.7 Å². The Bertz CT molecular complexity index is 458. The molecule has 0 aromatic heterocycles. The van der Waals surface area contributed by atoms with E-state index in [0.717, 1.165) is 17.6 Å². The topological polar surface area (TPSA) is 55.2 Å². The van der Waals surface area contributed by atoms with Crippen LogP contribution in [0.1, 0.15) is 19.4 Å². The Morgan fingerprint density at radius 2 is 2.11 bits per heavy atom. The Morgan fingerprint density at radius 1 is 1.42 bits per heavy atom. The summed E-state index contributed by atoms with van der Waals surface area (Å²) >= 11 is 1.74. The highest BCUT2D eigenvalue weighted by Gasteiger charge is 2.18. The van der Waals surface area contributed by atoms with Crippen LogP contribution in [0.3, 0.4) is 0 Å². The Balaban J connectivity index is 2.73. The van der Waals surface area contributed by atoms with Gasteiger partial charge in [0.1, 0.15) is 5.82 Å². The highest BCUT2D eigenvalue weighted by molar-refractivity contribution is 7.99. The van der Waals surface area contributed by atoms with Gasteiger partial charge in [-0.25, -0.2) is 4.39 Å². The van der Waals surface area contributed by atoms with Gasteiger partial charge in [0.25, 0.3) is 0 Å². The van der Waals surface area contributed by atoms with Crippen LogP contribution in [0.15, 0.2) is 12.1 Å². The van der Waals surface area contributed by atoms with Gasteiger partial charge in [0.15, 0.2) is 0 Å². The third-order valence-electron chi connectivity index (χ3n) is 2.53. The second-order valence-corrected chi connectivity index (χ2v) is 5.41. The van der Waals surface area contributed by atoms with E-state index in [-0.39, 0.29) is 18.2 Å².